The number of azo groups is 1. The highest BCUT2D eigenvalue weighted by Gasteiger charge is 2.40. The summed E-state index contributed by atoms with van der Waals surface area (Å²) in [7, 11) is -5.76. The third kappa shape index (κ3) is 7.88. The van der Waals surface area contributed by atoms with Gasteiger partial charge < -0.3 is 22.6 Å². The van der Waals surface area contributed by atoms with Crippen LogP contribution in [0, 0.1) is 0 Å². The normalized spacial score (nSPS) is 12.1. The second kappa shape index (κ2) is 15.0. The van der Waals surface area contributed by atoms with Gasteiger partial charge in [-0.05, 0) is 69.3 Å². The number of ether oxygens (including phenoxy) is 1. The number of nitrogens with zero attached hydrogens (tertiary/aromatic N) is 2. The fourth-order valence-electron chi connectivity index (χ4n) is 4.47. The summed E-state index contributed by atoms with van der Waals surface area (Å²) in [5, 5.41) is 11.1. The topological polar surface area (TPSA) is 78.7 Å². The zero-order valence-electron chi connectivity index (χ0n) is 23.8. The van der Waals surface area contributed by atoms with Crippen molar-refractivity contribution >= 4 is 43.2 Å². The van der Waals surface area contributed by atoms with E-state index in [1.165, 1.54) is 0 Å². The van der Waals surface area contributed by atoms with Crippen LogP contribution in [-0.2, 0) is 17.8 Å². The molecule has 0 atom stereocenters. The first kappa shape index (κ1) is 30.6. The highest BCUT2D eigenvalue weighted by molar-refractivity contribution is 7.85. The van der Waals surface area contributed by atoms with E-state index < -0.39 is 15.9 Å². The molecule has 4 aromatic carbocycles. The maximum absolute atomic E-state index is 14.5. The number of hydrogen-bond acceptors (Lipinski definition) is 7. The van der Waals surface area contributed by atoms with Gasteiger partial charge in [0, 0.05) is 35.7 Å². The average molecular weight is 589 g/mol. The van der Waals surface area contributed by atoms with E-state index in [9.17, 15) is 4.57 Å². The fourth-order valence-corrected chi connectivity index (χ4v) is 9.47. The first-order valence-corrected chi connectivity index (χ1v) is 17.5. The minimum absolute atomic E-state index is 0.426. The molecular weight excluding hydrogens is 551 g/mol. The highest BCUT2D eigenvalue weighted by atomic mass is 31.2. The zero-order chi connectivity index (χ0) is 29.0. The number of hydrogen-bond donors (Lipinski definition) is 0. The SMILES string of the molecule is CCO[Si](CCOc1ccc(N=Nc2ccc(P(=O)(c3ccccc3)c3ccccc3)cc2)cc1)(OCC)OCC. The Kier molecular flexibility index (Phi) is 11.2. The van der Waals surface area contributed by atoms with E-state index in [-0.39, 0.29) is 0 Å². The molecule has 0 radical (unpaired) electrons. The van der Waals surface area contributed by atoms with Crippen LogP contribution in [0.5, 0.6) is 5.75 Å². The predicted octanol–water partition coefficient (Wildman–Crippen LogP) is 7.17. The molecule has 0 aliphatic carbocycles. The van der Waals surface area contributed by atoms with Gasteiger partial charge in [0.15, 0.2) is 7.14 Å². The molecule has 0 amide bonds. The number of rotatable bonds is 15. The summed E-state index contributed by atoms with van der Waals surface area (Å²) < 4.78 is 38.1. The van der Waals surface area contributed by atoms with E-state index in [1.54, 1.807) is 0 Å². The largest absolute Gasteiger partial charge is 0.504 e. The molecule has 41 heavy (non-hydrogen) atoms. The van der Waals surface area contributed by atoms with Crippen molar-refractivity contribution in [3.63, 3.8) is 0 Å². The predicted molar refractivity (Wildman–Crippen MR) is 167 cm³/mol. The molecule has 7 nitrogen and oxygen atoms in total. The van der Waals surface area contributed by atoms with Gasteiger partial charge in [-0.2, -0.15) is 10.2 Å². The van der Waals surface area contributed by atoms with Crippen LogP contribution in [0.4, 0.5) is 11.4 Å². The summed E-state index contributed by atoms with van der Waals surface area (Å²) in [6.07, 6.45) is 0. The smallest absolute Gasteiger partial charge is 0.494 e. The zero-order valence-corrected chi connectivity index (χ0v) is 25.7. The molecule has 214 valence electrons. The molecule has 0 bridgehead atoms. The first-order chi connectivity index (χ1) is 20.0. The van der Waals surface area contributed by atoms with Gasteiger partial charge in [0.1, 0.15) is 5.75 Å². The highest BCUT2D eigenvalue weighted by Crippen LogP contribution is 2.42. The summed E-state index contributed by atoms with van der Waals surface area (Å²) in [5.41, 5.74) is 1.37. The Morgan fingerprint density at radius 2 is 1.00 bits per heavy atom. The second-order valence-electron chi connectivity index (χ2n) is 9.07. The lowest BCUT2D eigenvalue weighted by Crippen LogP contribution is -2.47. The Bertz CT molecular complexity index is 1360. The minimum atomic E-state index is -3.02. The third-order valence-electron chi connectivity index (χ3n) is 6.34. The molecule has 0 saturated heterocycles. The van der Waals surface area contributed by atoms with Gasteiger partial charge in [-0.15, -0.1) is 0 Å². The lowest BCUT2D eigenvalue weighted by molar-refractivity contribution is 0.0675. The molecule has 0 N–H and O–H groups in total. The first-order valence-electron chi connectivity index (χ1n) is 13.9. The van der Waals surface area contributed by atoms with Crippen molar-refractivity contribution in [1.29, 1.82) is 0 Å². The van der Waals surface area contributed by atoms with E-state index in [1.807, 2.05) is 130 Å². The Morgan fingerprint density at radius 3 is 1.44 bits per heavy atom. The molecule has 0 saturated carbocycles. The van der Waals surface area contributed by atoms with E-state index in [0.29, 0.717) is 43.8 Å². The van der Waals surface area contributed by atoms with Crippen LogP contribution in [0.25, 0.3) is 0 Å². The molecular formula is C32H37N2O5PSi. The molecule has 4 aromatic rings. The van der Waals surface area contributed by atoms with Crippen LogP contribution in [0.2, 0.25) is 6.04 Å². The van der Waals surface area contributed by atoms with E-state index in [0.717, 1.165) is 21.7 Å². The lowest BCUT2D eigenvalue weighted by atomic mass is 10.3. The van der Waals surface area contributed by atoms with Gasteiger partial charge in [-0.1, -0.05) is 60.7 Å². The van der Waals surface area contributed by atoms with Crippen molar-refractivity contribution in [1.82, 2.24) is 0 Å². The Balaban J connectivity index is 1.42. The van der Waals surface area contributed by atoms with Crippen molar-refractivity contribution in [3.05, 3.63) is 109 Å². The quantitative estimate of drug-likeness (QED) is 0.0836. The molecule has 9 heteroatoms. The van der Waals surface area contributed by atoms with E-state index in [4.69, 9.17) is 18.0 Å². The van der Waals surface area contributed by atoms with Gasteiger partial charge in [0.2, 0.25) is 0 Å². The van der Waals surface area contributed by atoms with Crippen LogP contribution >= 0.6 is 7.14 Å². The van der Waals surface area contributed by atoms with Gasteiger partial charge in [0.05, 0.1) is 24.0 Å². The molecule has 0 aromatic heterocycles. The third-order valence-corrected chi connectivity index (χ3v) is 12.4. The van der Waals surface area contributed by atoms with E-state index in [2.05, 4.69) is 10.2 Å². The molecule has 0 spiro atoms. The average Bonchev–Trinajstić information content (AvgIpc) is 3.02. The van der Waals surface area contributed by atoms with Gasteiger partial charge in [0.25, 0.3) is 0 Å². The summed E-state index contributed by atoms with van der Waals surface area (Å²) in [6.45, 7) is 7.85. The molecule has 4 rings (SSSR count). The fraction of sp³-hybridized carbons (Fsp3) is 0.250. The molecule has 0 aliphatic heterocycles. The van der Waals surface area contributed by atoms with Crippen molar-refractivity contribution in [3.8, 4) is 5.75 Å². The molecule has 0 aliphatic rings. The van der Waals surface area contributed by atoms with E-state index >= 15 is 0 Å². The second-order valence-corrected chi connectivity index (χ2v) is 14.6. The summed E-state index contributed by atoms with van der Waals surface area (Å²) in [6, 6.07) is 34.7. The lowest BCUT2D eigenvalue weighted by Gasteiger charge is -2.28. The van der Waals surface area contributed by atoms with Crippen molar-refractivity contribution < 1.29 is 22.6 Å². The van der Waals surface area contributed by atoms with Crippen molar-refractivity contribution in [2.45, 2.75) is 26.8 Å². The van der Waals surface area contributed by atoms with Gasteiger partial charge in [-0.3, -0.25) is 0 Å². The monoisotopic (exact) mass is 588 g/mol. The van der Waals surface area contributed by atoms with Crippen molar-refractivity contribution in [2.24, 2.45) is 10.2 Å². The van der Waals surface area contributed by atoms with Gasteiger partial charge in [-0.25, -0.2) is 0 Å². The van der Waals surface area contributed by atoms with Crippen LogP contribution in [0.3, 0.4) is 0 Å². The number of benzene rings is 4. The Hall–Kier alpha value is -3.39. The summed E-state index contributed by atoms with van der Waals surface area (Å²) >= 11 is 0. The van der Waals surface area contributed by atoms with Gasteiger partial charge >= 0.3 is 8.80 Å². The summed E-state index contributed by atoms with van der Waals surface area (Å²) in [5.74, 6) is 0.721. The van der Waals surface area contributed by atoms with Crippen LogP contribution in [-0.4, -0.2) is 35.2 Å². The molecule has 0 heterocycles. The minimum Gasteiger partial charge on any atom is -0.494 e. The standard InChI is InChI=1S/C32H37N2O5PSi/c1-4-37-41(38-5-2,39-6-3)26-25-36-29-21-17-27(18-22-29)33-34-28-19-23-32(24-20-28)40(35,30-13-9-7-10-14-30)31-15-11-8-12-16-31/h7-24H,4-6,25-26H2,1-3H3. The molecule has 0 fully saturated rings. The Labute approximate surface area is 243 Å². The summed E-state index contributed by atoms with van der Waals surface area (Å²) in [4.78, 5) is 0. The van der Waals surface area contributed by atoms with Crippen LogP contribution < -0.4 is 20.7 Å². The molecule has 0 unspecified atom stereocenters. The maximum atomic E-state index is 14.5. The van der Waals surface area contributed by atoms with Crippen LogP contribution in [0.15, 0.2) is 119 Å². The maximum Gasteiger partial charge on any atom is 0.504 e. The van der Waals surface area contributed by atoms with Crippen molar-refractivity contribution in [2.75, 3.05) is 26.4 Å². The Morgan fingerprint density at radius 1 is 0.585 bits per heavy atom. The van der Waals surface area contributed by atoms with Crippen LogP contribution in [0.1, 0.15) is 20.8 Å².